The van der Waals surface area contributed by atoms with Crippen LogP contribution >= 0.6 is 46.4 Å². The van der Waals surface area contributed by atoms with E-state index in [9.17, 15) is 14.4 Å². The lowest BCUT2D eigenvalue weighted by molar-refractivity contribution is -0.135. The Morgan fingerprint density at radius 3 is 2.00 bits per heavy atom. The molecular weight excluding hydrogens is 482 g/mol. The van der Waals surface area contributed by atoms with Crippen LogP contribution in [-0.2, 0) is 21.5 Å². The lowest BCUT2D eigenvalue weighted by atomic mass is 9.87. The van der Waals surface area contributed by atoms with Gasteiger partial charge in [-0.15, -0.1) is 23.2 Å². The first-order valence-electron chi connectivity index (χ1n) is 9.33. The van der Waals surface area contributed by atoms with Gasteiger partial charge in [0.2, 0.25) is 11.8 Å². The summed E-state index contributed by atoms with van der Waals surface area (Å²) < 4.78 is 0. The number of benzene rings is 2. The molecule has 0 unspecified atom stereocenters. The second kappa shape index (κ2) is 10.7. The fourth-order valence-corrected chi connectivity index (χ4v) is 3.48. The van der Waals surface area contributed by atoms with E-state index < -0.39 is 24.3 Å². The van der Waals surface area contributed by atoms with E-state index in [0.717, 1.165) is 20.9 Å². The van der Waals surface area contributed by atoms with Crippen LogP contribution in [0.4, 0.5) is 10.5 Å². The molecule has 0 saturated carbocycles. The summed E-state index contributed by atoms with van der Waals surface area (Å²) in [5.41, 5.74) is 2.16. The highest BCUT2D eigenvalue weighted by atomic mass is 35.5. The zero-order valence-electron chi connectivity index (χ0n) is 17.3. The number of imide groups is 2. The fraction of sp³-hybridized carbons (Fsp3) is 0.318. The second-order valence-corrected chi connectivity index (χ2v) is 9.46. The molecule has 0 radical (unpaired) electrons. The van der Waals surface area contributed by atoms with Gasteiger partial charge in [0.25, 0.3) is 0 Å². The maximum atomic E-state index is 12.9. The van der Waals surface area contributed by atoms with Gasteiger partial charge in [-0.1, -0.05) is 68.2 Å². The first-order chi connectivity index (χ1) is 14.5. The van der Waals surface area contributed by atoms with E-state index >= 15 is 0 Å². The number of anilines is 1. The van der Waals surface area contributed by atoms with Gasteiger partial charge in [0.15, 0.2) is 0 Å². The Morgan fingerprint density at radius 1 is 0.903 bits per heavy atom. The number of amides is 4. The predicted octanol–water partition coefficient (Wildman–Crippen LogP) is 6.60. The Balaban J connectivity index is 0.00000107. The Morgan fingerprint density at radius 2 is 1.48 bits per heavy atom. The number of hydrogen-bond acceptors (Lipinski definition) is 3. The van der Waals surface area contributed by atoms with E-state index in [4.69, 9.17) is 46.4 Å². The number of rotatable bonds is 3. The van der Waals surface area contributed by atoms with E-state index in [1.807, 2.05) is 24.3 Å². The van der Waals surface area contributed by atoms with Crippen LogP contribution in [0.3, 0.4) is 0 Å². The standard InChI is InChI=1S/C21H20Cl2N2O3.CH2Cl2/c1-21(2,3)14-6-4-13(5-7-14)12-24-18(26)11-19(27)25(20(24)28)17-9-8-15(22)10-16(17)23;2-1-3/h4-10H,11-12H2,1-3H3;1H2. The van der Waals surface area contributed by atoms with Crippen LogP contribution in [0, 0.1) is 0 Å². The third-order valence-electron chi connectivity index (χ3n) is 4.59. The van der Waals surface area contributed by atoms with Crippen molar-refractivity contribution in [3.05, 3.63) is 63.6 Å². The van der Waals surface area contributed by atoms with Crippen LogP contribution in [0.25, 0.3) is 0 Å². The van der Waals surface area contributed by atoms with Crippen LogP contribution in [0.15, 0.2) is 42.5 Å². The van der Waals surface area contributed by atoms with Gasteiger partial charge in [-0.05, 0) is 34.7 Å². The van der Waals surface area contributed by atoms with Gasteiger partial charge in [-0.2, -0.15) is 0 Å². The predicted molar refractivity (Wildman–Crippen MR) is 126 cm³/mol. The molecule has 5 nitrogen and oxygen atoms in total. The molecule has 0 atom stereocenters. The molecule has 0 bridgehead atoms. The van der Waals surface area contributed by atoms with E-state index in [0.29, 0.717) is 5.02 Å². The number of carbonyl (C=O) groups is 3. The van der Waals surface area contributed by atoms with E-state index in [1.54, 1.807) is 0 Å². The molecule has 166 valence electrons. The van der Waals surface area contributed by atoms with Crippen molar-refractivity contribution in [1.29, 1.82) is 0 Å². The molecule has 1 heterocycles. The van der Waals surface area contributed by atoms with Crippen molar-refractivity contribution in [1.82, 2.24) is 4.90 Å². The maximum Gasteiger partial charge on any atom is 0.338 e. The monoisotopic (exact) mass is 502 g/mol. The molecule has 1 aliphatic heterocycles. The van der Waals surface area contributed by atoms with E-state index in [-0.39, 0.29) is 28.0 Å². The lowest BCUT2D eigenvalue weighted by Gasteiger charge is -2.33. The van der Waals surface area contributed by atoms with Gasteiger partial charge in [0.05, 0.1) is 22.6 Å². The quantitative estimate of drug-likeness (QED) is 0.350. The summed E-state index contributed by atoms with van der Waals surface area (Å²) >= 11 is 21.6. The molecule has 0 aromatic heterocycles. The molecule has 3 rings (SSSR count). The summed E-state index contributed by atoms with van der Waals surface area (Å²) in [7, 11) is 0. The number of nitrogens with zero attached hydrogens (tertiary/aromatic N) is 2. The molecule has 2 aromatic carbocycles. The van der Waals surface area contributed by atoms with Gasteiger partial charge in [-0.3, -0.25) is 14.5 Å². The zero-order valence-corrected chi connectivity index (χ0v) is 20.3. The number of urea groups is 1. The minimum atomic E-state index is -0.717. The summed E-state index contributed by atoms with van der Waals surface area (Å²) in [6, 6.07) is 11.5. The van der Waals surface area contributed by atoms with Crippen LogP contribution < -0.4 is 4.90 Å². The number of halogens is 4. The smallest absolute Gasteiger partial charge is 0.274 e. The molecule has 1 fully saturated rings. The van der Waals surface area contributed by atoms with Crippen LogP contribution in [-0.4, -0.2) is 28.1 Å². The van der Waals surface area contributed by atoms with Gasteiger partial charge in [0, 0.05) is 5.02 Å². The number of hydrogen-bond donors (Lipinski definition) is 0. The van der Waals surface area contributed by atoms with Crippen molar-refractivity contribution < 1.29 is 14.4 Å². The summed E-state index contributed by atoms with van der Waals surface area (Å²) in [6.45, 7) is 6.41. The second-order valence-electron chi connectivity index (χ2n) is 7.81. The maximum absolute atomic E-state index is 12.9. The Kier molecular flexibility index (Phi) is 8.78. The molecule has 1 saturated heterocycles. The van der Waals surface area contributed by atoms with E-state index in [2.05, 4.69) is 20.8 Å². The molecule has 31 heavy (non-hydrogen) atoms. The van der Waals surface area contributed by atoms with Gasteiger partial charge >= 0.3 is 6.03 Å². The van der Waals surface area contributed by atoms with Gasteiger partial charge in [0.1, 0.15) is 6.42 Å². The Hall–Kier alpha value is -1.79. The van der Waals surface area contributed by atoms with Crippen LogP contribution in [0.5, 0.6) is 0 Å². The summed E-state index contributed by atoms with van der Waals surface area (Å²) in [4.78, 5) is 39.7. The van der Waals surface area contributed by atoms with Crippen molar-refractivity contribution >= 4 is 69.9 Å². The molecule has 0 spiro atoms. The first kappa shape index (κ1) is 25.5. The number of barbiturate groups is 1. The molecule has 1 aliphatic rings. The Labute approximate surface area is 201 Å². The third kappa shape index (κ3) is 6.36. The molecule has 9 heteroatoms. The average Bonchev–Trinajstić information content (AvgIpc) is 2.67. The summed E-state index contributed by atoms with van der Waals surface area (Å²) in [5.74, 6) is -1.14. The zero-order chi connectivity index (χ0) is 23.3. The van der Waals surface area contributed by atoms with Crippen molar-refractivity contribution in [3.8, 4) is 0 Å². The first-order valence-corrected chi connectivity index (χ1v) is 11.2. The number of alkyl halides is 2. The summed E-state index contributed by atoms with van der Waals surface area (Å²) in [5, 5.41) is 0.746. The largest absolute Gasteiger partial charge is 0.338 e. The number of carbonyl (C=O) groups excluding carboxylic acids is 3. The van der Waals surface area contributed by atoms with Crippen molar-refractivity contribution in [2.24, 2.45) is 0 Å². The van der Waals surface area contributed by atoms with Crippen LogP contribution in [0.2, 0.25) is 10.0 Å². The van der Waals surface area contributed by atoms with Crippen LogP contribution in [0.1, 0.15) is 38.3 Å². The molecule has 0 aliphatic carbocycles. The normalized spacial score (nSPS) is 14.5. The SMILES string of the molecule is CC(C)(C)c1ccc(CN2C(=O)CC(=O)N(c3ccc(Cl)cc3Cl)C2=O)cc1.ClCCl. The van der Waals surface area contributed by atoms with Crippen molar-refractivity contribution in [2.75, 3.05) is 10.2 Å². The van der Waals surface area contributed by atoms with Crippen molar-refractivity contribution in [3.63, 3.8) is 0 Å². The van der Waals surface area contributed by atoms with Crippen molar-refractivity contribution in [2.45, 2.75) is 39.2 Å². The third-order valence-corrected chi connectivity index (χ3v) is 5.12. The molecular formula is C22H22Cl4N2O3. The average molecular weight is 504 g/mol. The fourth-order valence-electron chi connectivity index (χ4n) is 2.99. The highest BCUT2D eigenvalue weighted by Gasteiger charge is 2.39. The summed E-state index contributed by atoms with van der Waals surface area (Å²) in [6.07, 6.45) is -0.398. The topological polar surface area (TPSA) is 57.7 Å². The highest BCUT2D eigenvalue weighted by molar-refractivity contribution is 6.40. The van der Waals surface area contributed by atoms with E-state index in [1.165, 1.54) is 18.2 Å². The molecule has 4 amide bonds. The Bertz CT molecular complexity index is 972. The van der Waals surface area contributed by atoms with Gasteiger partial charge < -0.3 is 0 Å². The highest BCUT2D eigenvalue weighted by Crippen LogP contribution is 2.32. The minimum Gasteiger partial charge on any atom is -0.274 e. The van der Waals surface area contributed by atoms with Gasteiger partial charge in [-0.25, -0.2) is 9.69 Å². The molecule has 2 aromatic rings. The minimum absolute atomic E-state index is 0.00381. The lowest BCUT2D eigenvalue weighted by Crippen LogP contribution is -2.55. The molecule has 0 N–H and O–H groups in total.